The average molecular weight is 412 g/mol. The minimum atomic E-state index is -1.04. The highest BCUT2D eigenvalue weighted by Crippen LogP contribution is 2.26. The number of aliphatic hydroxyl groups is 3. The molecule has 9 N–H and O–H groups in total. The van der Waals surface area contributed by atoms with E-state index in [1.807, 2.05) is 6.07 Å². The number of rotatable bonds is 11. The summed E-state index contributed by atoms with van der Waals surface area (Å²) in [5.41, 5.74) is 13.6. The lowest BCUT2D eigenvalue weighted by atomic mass is 9.93. The zero-order chi connectivity index (χ0) is 21.4. The first-order valence-electron chi connectivity index (χ1n) is 10.2. The maximum atomic E-state index is 11.8. The van der Waals surface area contributed by atoms with E-state index in [1.54, 1.807) is 12.1 Å². The molecule has 5 atom stereocenters. The van der Waals surface area contributed by atoms with Crippen LogP contribution in [0.2, 0.25) is 0 Å². The van der Waals surface area contributed by atoms with Crippen molar-refractivity contribution >= 4 is 17.2 Å². The predicted octanol–water partition coefficient (Wildman–Crippen LogP) is -1.60. The molecule has 0 aromatic heterocycles. The van der Waals surface area contributed by atoms with Gasteiger partial charge in [-0.15, -0.1) is 0 Å². The van der Waals surface area contributed by atoms with Gasteiger partial charge in [0.1, 0.15) is 18.6 Å². The molecule has 0 aliphatic carbocycles. The average Bonchev–Trinajstić information content (AvgIpc) is 2.71. The number of methoxy groups -OCH3 is 1. The number of ether oxygens (including phenoxy) is 1. The number of unbranched alkanes of at least 4 members (excludes halogenated alkanes) is 3. The van der Waals surface area contributed by atoms with Crippen molar-refractivity contribution in [3.05, 3.63) is 23.8 Å². The van der Waals surface area contributed by atoms with Crippen LogP contribution in [0.5, 0.6) is 0 Å². The highest BCUT2D eigenvalue weighted by molar-refractivity contribution is 5.89. The Balaban J connectivity index is 1.70. The zero-order valence-electron chi connectivity index (χ0n) is 17.0. The number of likely N-dealkylation sites (tertiary alicyclic amines) is 1. The van der Waals surface area contributed by atoms with Crippen LogP contribution in [0, 0.1) is 0 Å². The standard InChI is InChI=1S/C20H34N4O5/c1-29-20(28)14-10-13(21)6-7-15(14)23-8-4-2-3-5-9-24-11-17(26)19(27)18(22)16(24)12-25/h6-7,10,16-18,20,23,25-26,28H,2-5,8-9,11-12,21-22H2,1H3/p+1/t16-,17+,18-,20?/m1/s1. The molecule has 1 heterocycles. The molecule has 1 aliphatic heterocycles. The van der Waals surface area contributed by atoms with Crippen molar-refractivity contribution in [3.63, 3.8) is 0 Å². The molecule has 2 unspecified atom stereocenters. The summed E-state index contributed by atoms with van der Waals surface area (Å²) in [6.45, 7) is 1.66. The second-order valence-corrected chi connectivity index (χ2v) is 7.62. The molecular weight excluding hydrogens is 376 g/mol. The number of nitrogens with two attached hydrogens (primary N) is 2. The Morgan fingerprint density at radius 3 is 2.72 bits per heavy atom. The van der Waals surface area contributed by atoms with Crippen molar-refractivity contribution in [1.82, 2.24) is 0 Å². The number of benzene rings is 1. The van der Waals surface area contributed by atoms with Crippen LogP contribution >= 0.6 is 0 Å². The molecule has 1 aliphatic rings. The van der Waals surface area contributed by atoms with E-state index >= 15 is 0 Å². The Bertz CT molecular complexity index is 660. The number of hydrogen-bond acceptors (Lipinski definition) is 8. The fourth-order valence-electron chi connectivity index (χ4n) is 3.83. The van der Waals surface area contributed by atoms with Gasteiger partial charge < -0.3 is 41.7 Å². The maximum absolute atomic E-state index is 11.8. The molecule has 1 fully saturated rings. The summed E-state index contributed by atoms with van der Waals surface area (Å²) in [6.07, 6.45) is 1.82. The van der Waals surface area contributed by atoms with Gasteiger partial charge in [0.25, 0.3) is 0 Å². The Morgan fingerprint density at radius 2 is 2.03 bits per heavy atom. The number of aliphatic hydroxyl groups excluding tert-OH is 3. The zero-order valence-corrected chi connectivity index (χ0v) is 17.0. The second-order valence-electron chi connectivity index (χ2n) is 7.62. The van der Waals surface area contributed by atoms with Crippen LogP contribution in [0.25, 0.3) is 0 Å². The second kappa shape index (κ2) is 11.4. The van der Waals surface area contributed by atoms with E-state index in [2.05, 4.69) is 5.32 Å². The van der Waals surface area contributed by atoms with Crippen LogP contribution in [-0.4, -0.2) is 72.6 Å². The van der Waals surface area contributed by atoms with Gasteiger partial charge in [-0.2, -0.15) is 0 Å². The molecule has 0 radical (unpaired) electrons. The van der Waals surface area contributed by atoms with E-state index in [0.29, 0.717) is 17.8 Å². The Morgan fingerprint density at radius 1 is 1.31 bits per heavy atom. The van der Waals surface area contributed by atoms with Crippen molar-refractivity contribution in [3.8, 4) is 0 Å². The van der Waals surface area contributed by atoms with Crippen molar-refractivity contribution < 1.29 is 29.8 Å². The number of hydrogen-bond donors (Lipinski definition) is 7. The summed E-state index contributed by atoms with van der Waals surface area (Å²) in [4.78, 5) is 12.8. The molecule has 0 spiro atoms. The van der Waals surface area contributed by atoms with Crippen LogP contribution < -0.4 is 21.7 Å². The monoisotopic (exact) mass is 411 g/mol. The lowest BCUT2D eigenvalue weighted by Crippen LogP contribution is -3.21. The summed E-state index contributed by atoms with van der Waals surface area (Å²) in [5, 5.41) is 32.6. The fraction of sp³-hybridized carbons (Fsp3) is 0.650. The smallest absolute Gasteiger partial charge is 0.189 e. The third-order valence-corrected chi connectivity index (χ3v) is 5.57. The van der Waals surface area contributed by atoms with Crippen molar-refractivity contribution in [2.45, 2.75) is 50.2 Å². The van der Waals surface area contributed by atoms with Crippen LogP contribution in [0.4, 0.5) is 11.4 Å². The van der Waals surface area contributed by atoms with Crippen molar-refractivity contribution in [2.24, 2.45) is 5.73 Å². The number of Topliss-reactive ketones (excluding diaryl/α,β-unsaturated/α-hetero) is 1. The SMILES string of the molecule is COC(O)c1cc(N)ccc1NCCCCCC[NH+]1C[C@H](O)C(=O)[C@H](N)[C@H]1CO. The van der Waals surface area contributed by atoms with Gasteiger partial charge in [-0.05, 0) is 37.5 Å². The van der Waals surface area contributed by atoms with Gasteiger partial charge in [0, 0.05) is 30.6 Å². The van der Waals surface area contributed by atoms with Crippen LogP contribution in [-0.2, 0) is 9.53 Å². The summed E-state index contributed by atoms with van der Waals surface area (Å²) in [6, 6.07) is 4.15. The normalized spacial score (nSPS) is 25.8. The van der Waals surface area contributed by atoms with Gasteiger partial charge >= 0.3 is 0 Å². The number of quaternary nitrogens is 1. The minimum absolute atomic E-state index is 0.157. The first-order chi connectivity index (χ1) is 13.9. The molecule has 0 bridgehead atoms. The Labute approximate surface area is 171 Å². The van der Waals surface area contributed by atoms with Crippen LogP contribution in [0.1, 0.15) is 37.5 Å². The van der Waals surface area contributed by atoms with E-state index in [4.69, 9.17) is 16.2 Å². The Kier molecular flexibility index (Phi) is 9.28. The number of ketones is 1. The fourth-order valence-corrected chi connectivity index (χ4v) is 3.83. The number of nitrogens with one attached hydrogen (secondary N) is 2. The van der Waals surface area contributed by atoms with E-state index < -0.39 is 18.4 Å². The van der Waals surface area contributed by atoms with Crippen molar-refractivity contribution in [1.29, 1.82) is 0 Å². The molecule has 1 saturated heterocycles. The quantitative estimate of drug-likeness (QED) is 0.130. The summed E-state index contributed by atoms with van der Waals surface area (Å²) in [5.74, 6) is -0.375. The minimum Gasteiger partial charge on any atom is -0.399 e. The lowest BCUT2D eigenvalue weighted by Gasteiger charge is -2.36. The summed E-state index contributed by atoms with van der Waals surface area (Å²) < 4.78 is 4.98. The number of anilines is 2. The molecule has 9 heteroatoms. The number of carbonyl (C=O) groups is 1. The van der Waals surface area contributed by atoms with Gasteiger partial charge in [0.15, 0.2) is 18.2 Å². The first-order valence-corrected chi connectivity index (χ1v) is 10.2. The molecule has 9 nitrogen and oxygen atoms in total. The topological polar surface area (TPSA) is 156 Å². The van der Waals surface area contributed by atoms with E-state index in [1.165, 1.54) is 7.11 Å². The third-order valence-electron chi connectivity index (χ3n) is 5.57. The highest BCUT2D eigenvalue weighted by Gasteiger charge is 2.42. The molecule has 0 amide bonds. The third kappa shape index (κ3) is 6.36. The van der Waals surface area contributed by atoms with Gasteiger partial charge in [0.2, 0.25) is 0 Å². The summed E-state index contributed by atoms with van der Waals surface area (Å²) >= 11 is 0. The molecular formula is C20H35N4O5+. The Hall–Kier alpha value is -1.75. The summed E-state index contributed by atoms with van der Waals surface area (Å²) in [7, 11) is 1.44. The molecule has 164 valence electrons. The van der Waals surface area contributed by atoms with E-state index in [0.717, 1.165) is 49.4 Å². The van der Waals surface area contributed by atoms with Crippen LogP contribution in [0.3, 0.4) is 0 Å². The van der Waals surface area contributed by atoms with Crippen LogP contribution in [0.15, 0.2) is 18.2 Å². The maximum Gasteiger partial charge on any atom is 0.189 e. The van der Waals surface area contributed by atoms with Gasteiger partial charge in [0.05, 0.1) is 13.2 Å². The molecule has 1 aromatic rings. The van der Waals surface area contributed by atoms with Gasteiger partial charge in [-0.25, -0.2) is 0 Å². The number of piperidine rings is 1. The van der Waals surface area contributed by atoms with Gasteiger partial charge in [-0.1, -0.05) is 6.42 Å². The molecule has 2 rings (SSSR count). The number of nitrogen functional groups attached to an aromatic ring is 1. The molecule has 1 aromatic carbocycles. The van der Waals surface area contributed by atoms with E-state index in [9.17, 15) is 20.1 Å². The first kappa shape index (κ1) is 23.5. The van der Waals surface area contributed by atoms with Gasteiger partial charge in [-0.3, -0.25) is 4.79 Å². The molecule has 0 saturated carbocycles. The highest BCUT2D eigenvalue weighted by atomic mass is 16.6. The lowest BCUT2D eigenvalue weighted by molar-refractivity contribution is -0.931. The predicted molar refractivity (Wildman–Crippen MR) is 110 cm³/mol. The van der Waals surface area contributed by atoms with Crippen molar-refractivity contribution in [2.75, 3.05) is 44.4 Å². The largest absolute Gasteiger partial charge is 0.399 e. The number of carbonyl (C=O) groups excluding carboxylic acids is 1. The molecule has 29 heavy (non-hydrogen) atoms. The van der Waals surface area contributed by atoms with E-state index in [-0.39, 0.29) is 18.4 Å².